The van der Waals surface area contributed by atoms with Crippen molar-refractivity contribution >= 4 is 27.5 Å². The lowest BCUT2D eigenvalue weighted by Crippen LogP contribution is -2.53. The average molecular weight is 550 g/mol. The van der Waals surface area contributed by atoms with Crippen LogP contribution in [-0.2, 0) is 32.5 Å². The molecule has 0 fully saturated rings. The van der Waals surface area contributed by atoms with Crippen molar-refractivity contribution in [3.8, 4) is 0 Å². The third-order valence-corrected chi connectivity index (χ3v) is 8.68. The van der Waals surface area contributed by atoms with Gasteiger partial charge in [0.05, 0.1) is 10.6 Å². The van der Waals surface area contributed by atoms with Gasteiger partial charge < -0.3 is 10.2 Å². The van der Waals surface area contributed by atoms with Gasteiger partial charge in [-0.1, -0.05) is 74.5 Å². The van der Waals surface area contributed by atoms with Crippen LogP contribution < -0.4 is 9.62 Å². The van der Waals surface area contributed by atoms with Crippen molar-refractivity contribution < 1.29 is 18.0 Å². The van der Waals surface area contributed by atoms with Crippen LogP contribution in [0.3, 0.4) is 0 Å². The van der Waals surface area contributed by atoms with Crippen molar-refractivity contribution in [2.75, 3.05) is 17.4 Å². The molecular weight excluding hydrogens is 510 g/mol. The second kappa shape index (κ2) is 13.9. The minimum absolute atomic E-state index is 0.0435. The highest BCUT2D eigenvalue weighted by Crippen LogP contribution is 2.25. The molecule has 0 aliphatic carbocycles. The molecule has 0 radical (unpaired) electrons. The van der Waals surface area contributed by atoms with Crippen LogP contribution in [0.5, 0.6) is 0 Å². The number of nitrogens with zero attached hydrogens (tertiary/aromatic N) is 2. The first-order chi connectivity index (χ1) is 18.7. The molecule has 3 rings (SSSR count). The zero-order valence-corrected chi connectivity index (χ0v) is 24.0. The molecule has 2 amide bonds. The fraction of sp³-hybridized carbons (Fsp3) is 0.355. The predicted octanol–water partition coefficient (Wildman–Crippen LogP) is 4.82. The number of carbonyl (C=O) groups excluding carboxylic acids is 2. The van der Waals surface area contributed by atoms with Gasteiger partial charge in [0.2, 0.25) is 11.8 Å². The van der Waals surface area contributed by atoms with Crippen LogP contribution in [0.4, 0.5) is 5.69 Å². The van der Waals surface area contributed by atoms with Crippen molar-refractivity contribution in [1.29, 1.82) is 0 Å². The summed E-state index contributed by atoms with van der Waals surface area (Å²) >= 11 is 0. The molecule has 8 heteroatoms. The van der Waals surface area contributed by atoms with Gasteiger partial charge in [0.15, 0.2) is 0 Å². The van der Waals surface area contributed by atoms with Gasteiger partial charge in [0, 0.05) is 12.6 Å². The van der Waals surface area contributed by atoms with E-state index >= 15 is 0 Å². The summed E-state index contributed by atoms with van der Waals surface area (Å²) in [5.74, 6) is -0.715. The largest absolute Gasteiger partial charge is 0.352 e. The van der Waals surface area contributed by atoms with Gasteiger partial charge in [-0.05, 0) is 68.5 Å². The Balaban J connectivity index is 1.96. The monoisotopic (exact) mass is 549 g/mol. The van der Waals surface area contributed by atoms with E-state index in [1.165, 1.54) is 17.0 Å². The zero-order valence-electron chi connectivity index (χ0n) is 23.2. The van der Waals surface area contributed by atoms with Gasteiger partial charge in [0.25, 0.3) is 10.0 Å². The number of benzene rings is 3. The lowest BCUT2D eigenvalue weighted by atomic mass is 10.1. The zero-order chi connectivity index (χ0) is 28.4. The predicted molar refractivity (Wildman–Crippen MR) is 156 cm³/mol. The van der Waals surface area contributed by atoms with E-state index in [0.717, 1.165) is 28.3 Å². The number of anilines is 1. The Morgan fingerprint density at radius 1 is 0.821 bits per heavy atom. The van der Waals surface area contributed by atoms with E-state index in [-0.39, 0.29) is 23.4 Å². The van der Waals surface area contributed by atoms with Crippen LogP contribution in [0, 0.1) is 0 Å². The number of hydrogen-bond donors (Lipinski definition) is 1. The minimum atomic E-state index is -4.05. The first kappa shape index (κ1) is 29.9. The number of carbonyl (C=O) groups is 2. The van der Waals surface area contributed by atoms with Crippen LogP contribution in [0.1, 0.15) is 45.2 Å². The third-order valence-electron chi connectivity index (χ3n) is 6.90. The van der Waals surface area contributed by atoms with Gasteiger partial charge in [-0.3, -0.25) is 13.9 Å². The maximum absolute atomic E-state index is 13.9. The van der Waals surface area contributed by atoms with Crippen molar-refractivity contribution in [2.24, 2.45) is 0 Å². The van der Waals surface area contributed by atoms with Crippen LogP contribution in [0.25, 0.3) is 0 Å². The summed E-state index contributed by atoms with van der Waals surface area (Å²) in [6, 6.07) is 24.1. The highest BCUT2D eigenvalue weighted by atomic mass is 32.2. The summed E-state index contributed by atoms with van der Waals surface area (Å²) in [4.78, 5) is 28.5. The fourth-order valence-corrected chi connectivity index (χ4v) is 5.62. The summed E-state index contributed by atoms with van der Waals surface area (Å²) in [7, 11) is -4.05. The molecule has 0 aromatic heterocycles. The highest BCUT2D eigenvalue weighted by Gasteiger charge is 2.32. The van der Waals surface area contributed by atoms with Gasteiger partial charge >= 0.3 is 0 Å². The molecule has 208 valence electrons. The standard InChI is InChI=1S/C31H39N3O4S/c1-5-24(3)32-31(36)25(4)33(22-21-27-13-9-7-10-14-27)30(35)23-34(28-19-17-26(6-2)18-20-28)39(37,38)29-15-11-8-12-16-29/h7-20,24-25H,5-6,21-23H2,1-4H3,(H,32,36). The molecule has 2 atom stereocenters. The molecule has 1 N–H and O–H groups in total. The van der Waals surface area contributed by atoms with Gasteiger partial charge in [0.1, 0.15) is 12.6 Å². The quantitative estimate of drug-likeness (QED) is 0.331. The second-order valence-electron chi connectivity index (χ2n) is 9.66. The molecule has 0 saturated carbocycles. The molecule has 0 spiro atoms. The number of sulfonamides is 1. The summed E-state index contributed by atoms with van der Waals surface area (Å²) in [5, 5.41) is 2.95. The van der Waals surface area contributed by atoms with Gasteiger partial charge in [-0.15, -0.1) is 0 Å². The highest BCUT2D eigenvalue weighted by molar-refractivity contribution is 7.92. The summed E-state index contributed by atoms with van der Waals surface area (Å²) in [5.41, 5.74) is 2.47. The van der Waals surface area contributed by atoms with E-state index in [1.54, 1.807) is 37.3 Å². The summed E-state index contributed by atoms with van der Waals surface area (Å²) in [6.45, 7) is 7.43. The number of rotatable bonds is 13. The first-order valence-electron chi connectivity index (χ1n) is 13.5. The number of amides is 2. The molecule has 0 heterocycles. The average Bonchev–Trinajstić information content (AvgIpc) is 2.96. The molecule has 0 bridgehead atoms. The van der Waals surface area contributed by atoms with E-state index in [0.29, 0.717) is 12.1 Å². The lowest BCUT2D eigenvalue weighted by molar-refractivity contribution is -0.139. The molecular formula is C31H39N3O4S. The van der Waals surface area contributed by atoms with E-state index in [2.05, 4.69) is 5.32 Å². The number of nitrogens with one attached hydrogen (secondary N) is 1. The normalized spacial score (nSPS) is 12.8. The number of aryl methyl sites for hydroxylation is 1. The van der Waals surface area contributed by atoms with Crippen LogP contribution in [-0.4, -0.2) is 50.3 Å². The van der Waals surface area contributed by atoms with Crippen molar-refractivity contribution in [2.45, 2.75) is 63.9 Å². The third kappa shape index (κ3) is 7.93. The van der Waals surface area contributed by atoms with Crippen molar-refractivity contribution in [3.05, 3.63) is 96.1 Å². The molecule has 39 heavy (non-hydrogen) atoms. The smallest absolute Gasteiger partial charge is 0.264 e. The van der Waals surface area contributed by atoms with Crippen molar-refractivity contribution in [3.63, 3.8) is 0 Å². The molecule has 0 aliphatic heterocycles. The van der Waals surface area contributed by atoms with E-state index in [1.807, 2.05) is 63.2 Å². The molecule has 3 aromatic rings. The Morgan fingerprint density at radius 2 is 1.41 bits per heavy atom. The number of hydrogen-bond acceptors (Lipinski definition) is 4. The Morgan fingerprint density at radius 3 is 1.97 bits per heavy atom. The van der Waals surface area contributed by atoms with Crippen molar-refractivity contribution in [1.82, 2.24) is 10.2 Å². The molecule has 7 nitrogen and oxygen atoms in total. The summed E-state index contributed by atoms with van der Waals surface area (Å²) < 4.78 is 28.7. The second-order valence-corrected chi connectivity index (χ2v) is 11.5. The van der Waals surface area contributed by atoms with E-state index in [9.17, 15) is 18.0 Å². The lowest BCUT2D eigenvalue weighted by Gasteiger charge is -2.32. The molecule has 0 saturated heterocycles. The Kier molecular flexibility index (Phi) is 10.7. The van der Waals surface area contributed by atoms with Crippen LogP contribution >= 0.6 is 0 Å². The van der Waals surface area contributed by atoms with Gasteiger partial charge in [-0.25, -0.2) is 8.42 Å². The van der Waals surface area contributed by atoms with Crippen LogP contribution in [0.2, 0.25) is 0 Å². The fourth-order valence-electron chi connectivity index (χ4n) is 4.18. The maximum atomic E-state index is 13.9. The van der Waals surface area contributed by atoms with Gasteiger partial charge in [-0.2, -0.15) is 0 Å². The van der Waals surface area contributed by atoms with E-state index in [4.69, 9.17) is 0 Å². The SMILES string of the molecule is CCc1ccc(N(CC(=O)N(CCc2ccccc2)C(C)C(=O)NC(C)CC)S(=O)(=O)c2ccccc2)cc1. The Hall–Kier alpha value is -3.65. The molecule has 0 aliphatic rings. The molecule has 3 aromatic carbocycles. The van der Waals surface area contributed by atoms with Crippen LogP contribution in [0.15, 0.2) is 89.8 Å². The first-order valence-corrected chi connectivity index (χ1v) is 14.9. The maximum Gasteiger partial charge on any atom is 0.264 e. The summed E-state index contributed by atoms with van der Waals surface area (Å²) in [6.07, 6.45) is 2.10. The Labute approximate surface area is 232 Å². The minimum Gasteiger partial charge on any atom is -0.352 e. The van der Waals surface area contributed by atoms with E-state index < -0.39 is 28.5 Å². The topological polar surface area (TPSA) is 86.8 Å². The Bertz CT molecular complexity index is 1310. The molecule has 2 unspecified atom stereocenters.